The first-order chi connectivity index (χ1) is 9.08. The highest BCUT2D eigenvalue weighted by Gasteiger charge is 2.20. The number of hydrogen-bond acceptors (Lipinski definition) is 4. The van der Waals surface area contributed by atoms with Crippen LogP contribution in [0.2, 0.25) is 0 Å². The van der Waals surface area contributed by atoms with Crippen molar-refractivity contribution in [1.82, 2.24) is 0 Å². The predicted molar refractivity (Wildman–Crippen MR) is 74.7 cm³/mol. The third kappa shape index (κ3) is 3.29. The molecule has 4 heteroatoms. The summed E-state index contributed by atoms with van der Waals surface area (Å²) in [5.41, 5.74) is 1.64. The van der Waals surface area contributed by atoms with Gasteiger partial charge in [-0.3, -0.25) is 4.79 Å². The number of carbonyl (C=O) groups is 2. The topological polar surface area (TPSA) is 43.4 Å². The van der Waals surface area contributed by atoms with Crippen molar-refractivity contribution < 1.29 is 14.3 Å². The van der Waals surface area contributed by atoms with Crippen LogP contribution in [0.15, 0.2) is 41.8 Å². The van der Waals surface area contributed by atoms with Gasteiger partial charge in [0.2, 0.25) is 5.78 Å². The summed E-state index contributed by atoms with van der Waals surface area (Å²) in [6, 6.07) is 10.7. The van der Waals surface area contributed by atoms with Gasteiger partial charge < -0.3 is 4.74 Å². The van der Waals surface area contributed by atoms with E-state index in [2.05, 4.69) is 0 Å². The van der Waals surface area contributed by atoms with Crippen LogP contribution in [0.5, 0.6) is 0 Å². The minimum atomic E-state index is -0.780. The largest absolute Gasteiger partial charge is 0.450 e. The second-order valence-corrected chi connectivity index (χ2v) is 5.20. The Labute approximate surface area is 115 Å². The molecule has 1 heterocycles. The van der Waals surface area contributed by atoms with Crippen molar-refractivity contribution in [2.75, 3.05) is 0 Å². The lowest BCUT2D eigenvalue weighted by Gasteiger charge is -2.11. The summed E-state index contributed by atoms with van der Waals surface area (Å²) in [5, 5.41) is 1.79. The molecule has 0 N–H and O–H groups in total. The van der Waals surface area contributed by atoms with Gasteiger partial charge in [-0.25, -0.2) is 4.79 Å². The van der Waals surface area contributed by atoms with Gasteiger partial charge in [0.05, 0.1) is 0 Å². The number of hydrogen-bond donors (Lipinski definition) is 0. The molecule has 19 heavy (non-hydrogen) atoms. The zero-order valence-corrected chi connectivity index (χ0v) is 11.6. The molecule has 2 aromatic rings. The number of benzene rings is 1. The lowest BCUT2D eigenvalue weighted by molar-refractivity contribution is 0.0323. The Morgan fingerprint density at radius 3 is 2.42 bits per heavy atom. The van der Waals surface area contributed by atoms with Crippen LogP contribution in [-0.4, -0.2) is 17.9 Å². The van der Waals surface area contributed by atoms with Crippen molar-refractivity contribution in [3.05, 3.63) is 57.8 Å². The molecule has 0 aliphatic rings. The summed E-state index contributed by atoms with van der Waals surface area (Å²) < 4.78 is 5.16. The summed E-state index contributed by atoms with van der Waals surface area (Å²) in [6.07, 6.45) is -0.780. The van der Waals surface area contributed by atoms with Gasteiger partial charge in [-0.15, -0.1) is 11.3 Å². The lowest BCUT2D eigenvalue weighted by Crippen LogP contribution is -2.24. The molecular formula is C15H14O3S. The molecular weight excluding hydrogens is 260 g/mol. The average molecular weight is 274 g/mol. The van der Waals surface area contributed by atoms with Gasteiger partial charge in [0.15, 0.2) is 6.10 Å². The van der Waals surface area contributed by atoms with Gasteiger partial charge in [0.1, 0.15) is 4.88 Å². The average Bonchev–Trinajstić information content (AvgIpc) is 2.92. The maximum Gasteiger partial charge on any atom is 0.349 e. The number of thiophene rings is 1. The fourth-order valence-corrected chi connectivity index (χ4v) is 2.22. The molecule has 0 unspecified atom stereocenters. The van der Waals surface area contributed by atoms with Crippen LogP contribution >= 0.6 is 11.3 Å². The second kappa shape index (κ2) is 5.80. The number of carbonyl (C=O) groups excluding carboxylic acids is 2. The molecule has 0 saturated carbocycles. The Kier molecular flexibility index (Phi) is 4.12. The van der Waals surface area contributed by atoms with E-state index in [1.165, 1.54) is 11.3 Å². The number of ketones is 1. The zero-order chi connectivity index (χ0) is 13.8. The Hall–Kier alpha value is -1.94. The van der Waals surface area contributed by atoms with E-state index in [9.17, 15) is 9.59 Å². The summed E-state index contributed by atoms with van der Waals surface area (Å²) in [5.74, 6) is -0.645. The van der Waals surface area contributed by atoms with E-state index in [1.54, 1.807) is 36.6 Å². The van der Waals surface area contributed by atoms with Crippen molar-refractivity contribution in [2.45, 2.75) is 20.0 Å². The highest BCUT2D eigenvalue weighted by atomic mass is 32.1. The van der Waals surface area contributed by atoms with Gasteiger partial charge in [0.25, 0.3) is 0 Å². The van der Waals surface area contributed by atoms with Crippen molar-refractivity contribution in [1.29, 1.82) is 0 Å². The Balaban J connectivity index is 2.03. The first kappa shape index (κ1) is 13.5. The fourth-order valence-electron chi connectivity index (χ4n) is 1.62. The van der Waals surface area contributed by atoms with Gasteiger partial charge in [-0.05, 0) is 25.3 Å². The maximum absolute atomic E-state index is 12.1. The van der Waals surface area contributed by atoms with Crippen LogP contribution in [0.25, 0.3) is 0 Å². The van der Waals surface area contributed by atoms with Gasteiger partial charge in [-0.2, -0.15) is 0 Å². The number of esters is 1. The number of aryl methyl sites for hydroxylation is 1. The standard InChI is InChI=1S/C15H14O3S/c1-10-5-7-12(8-6-10)14(16)11(2)18-15(17)13-4-3-9-19-13/h3-9,11H,1-2H3/t11-/m1/s1. The lowest BCUT2D eigenvalue weighted by atomic mass is 10.1. The van der Waals surface area contributed by atoms with Crippen molar-refractivity contribution >= 4 is 23.1 Å². The quantitative estimate of drug-likeness (QED) is 0.633. The first-order valence-corrected chi connectivity index (χ1v) is 6.81. The maximum atomic E-state index is 12.1. The Morgan fingerprint density at radius 2 is 1.84 bits per heavy atom. The molecule has 0 fully saturated rings. The van der Waals surface area contributed by atoms with Crippen molar-refractivity contribution in [3.8, 4) is 0 Å². The molecule has 2 rings (SSSR count). The third-order valence-corrected chi connectivity index (χ3v) is 3.56. The number of Topliss-reactive ketones (excluding diaryl/α,β-unsaturated/α-hetero) is 1. The number of ether oxygens (including phenoxy) is 1. The van der Waals surface area contributed by atoms with E-state index in [4.69, 9.17) is 4.74 Å². The molecule has 0 aliphatic heterocycles. The summed E-state index contributed by atoms with van der Waals surface area (Å²) in [4.78, 5) is 24.3. The fraction of sp³-hybridized carbons (Fsp3) is 0.200. The van der Waals surface area contributed by atoms with Crippen LogP contribution in [0.1, 0.15) is 32.5 Å². The van der Waals surface area contributed by atoms with E-state index < -0.39 is 12.1 Å². The van der Waals surface area contributed by atoms with E-state index in [0.717, 1.165) is 5.56 Å². The molecule has 3 nitrogen and oxygen atoms in total. The molecule has 1 aromatic heterocycles. The van der Waals surface area contributed by atoms with Gasteiger partial charge in [-0.1, -0.05) is 35.9 Å². The van der Waals surface area contributed by atoms with E-state index in [-0.39, 0.29) is 5.78 Å². The molecule has 1 aromatic carbocycles. The van der Waals surface area contributed by atoms with Crippen LogP contribution in [0.4, 0.5) is 0 Å². The SMILES string of the molecule is Cc1ccc(C(=O)[C@@H](C)OC(=O)c2cccs2)cc1. The van der Waals surface area contributed by atoms with Gasteiger partial charge >= 0.3 is 5.97 Å². The molecule has 0 radical (unpaired) electrons. The van der Waals surface area contributed by atoms with Crippen molar-refractivity contribution in [2.24, 2.45) is 0 Å². The summed E-state index contributed by atoms with van der Waals surface area (Å²) >= 11 is 1.30. The Morgan fingerprint density at radius 1 is 1.16 bits per heavy atom. The molecule has 98 valence electrons. The minimum Gasteiger partial charge on any atom is -0.450 e. The molecule has 0 saturated heterocycles. The molecule has 0 spiro atoms. The van der Waals surface area contributed by atoms with Crippen LogP contribution in [0, 0.1) is 6.92 Å². The molecule has 0 aliphatic carbocycles. The summed E-state index contributed by atoms with van der Waals surface area (Å²) in [6.45, 7) is 3.54. The van der Waals surface area contributed by atoms with E-state index >= 15 is 0 Å². The number of rotatable bonds is 4. The normalized spacial score (nSPS) is 11.9. The van der Waals surface area contributed by atoms with Crippen molar-refractivity contribution in [3.63, 3.8) is 0 Å². The van der Waals surface area contributed by atoms with E-state index in [1.807, 2.05) is 19.1 Å². The van der Waals surface area contributed by atoms with Crippen LogP contribution < -0.4 is 0 Å². The molecule has 0 bridgehead atoms. The van der Waals surface area contributed by atoms with Gasteiger partial charge in [0, 0.05) is 5.56 Å². The zero-order valence-electron chi connectivity index (χ0n) is 10.8. The summed E-state index contributed by atoms with van der Waals surface area (Å²) in [7, 11) is 0. The third-order valence-electron chi connectivity index (χ3n) is 2.71. The van der Waals surface area contributed by atoms with Crippen LogP contribution in [0.3, 0.4) is 0 Å². The molecule has 0 amide bonds. The Bertz CT molecular complexity index is 570. The highest BCUT2D eigenvalue weighted by molar-refractivity contribution is 7.11. The first-order valence-electron chi connectivity index (χ1n) is 5.93. The smallest absolute Gasteiger partial charge is 0.349 e. The van der Waals surface area contributed by atoms with Crippen LogP contribution in [-0.2, 0) is 4.74 Å². The van der Waals surface area contributed by atoms with E-state index in [0.29, 0.717) is 10.4 Å². The molecule has 1 atom stereocenters. The minimum absolute atomic E-state index is 0.190. The highest BCUT2D eigenvalue weighted by Crippen LogP contribution is 2.13. The predicted octanol–water partition coefficient (Wildman–Crippen LogP) is 3.48. The monoisotopic (exact) mass is 274 g/mol. The second-order valence-electron chi connectivity index (χ2n) is 4.26.